The fourth-order valence-electron chi connectivity index (χ4n) is 1.87. The van der Waals surface area contributed by atoms with Gasteiger partial charge in [0.1, 0.15) is 6.04 Å². The average Bonchev–Trinajstić information content (AvgIpc) is 2.93. The lowest BCUT2D eigenvalue weighted by Crippen LogP contribution is -2.34. The molecule has 0 saturated carbocycles. The molecule has 0 aliphatic rings. The van der Waals surface area contributed by atoms with Crippen LogP contribution in [0.2, 0.25) is 0 Å². The Morgan fingerprint density at radius 3 is 3.00 bits per heavy atom. The summed E-state index contributed by atoms with van der Waals surface area (Å²) in [5.41, 5.74) is 8.76. The number of nitrogens with one attached hydrogen (secondary N) is 1. The molecule has 2 rings (SSSR count). The van der Waals surface area contributed by atoms with Gasteiger partial charge in [0.2, 0.25) is 0 Å². The number of benzene rings is 1. The van der Waals surface area contributed by atoms with E-state index >= 15 is 0 Å². The Morgan fingerprint density at radius 1 is 1.47 bits per heavy atom. The average molecular weight is 259 g/mol. The zero-order valence-corrected chi connectivity index (χ0v) is 10.8. The predicted octanol–water partition coefficient (Wildman–Crippen LogP) is 1.51. The molecule has 0 radical (unpaired) electrons. The number of hydrogen-bond donors (Lipinski definition) is 2. The van der Waals surface area contributed by atoms with E-state index < -0.39 is 6.04 Å². The third-order valence-corrected chi connectivity index (χ3v) is 2.78. The van der Waals surface area contributed by atoms with Crippen LogP contribution >= 0.6 is 0 Å². The van der Waals surface area contributed by atoms with Crippen LogP contribution in [0.3, 0.4) is 0 Å². The Hall–Kier alpha value is -2.14. The van der Waals surface area contributed by atoms with Crippen LogP contribution < -0.4 is 5.73 Å². The van der Waals surface area contributed by atoms with E-state index in [1.165, 1.54) is 0 Å². The Labute approximate surface area is 111 Å². The van der Waals surface area contributed by atoms with E-state index in [-0.39, 0.29) is 5.97 Å². The molecule has 0 aliphatic heterocycles. The van der Waals surface area contributed by atoms with Gasteiger partial charge in [-0.15, -0.1) is 0 Å². The molecule has 0 spiro atoms. The lowest BCUT2D eigenvalue weighted by atomic mass is 10.0. The Kier molecular flexibility index (Phi) is 4.30. The maximum atomic E-state index is 11.5. The lowest BCUT2D eigenvalue weighted by Gasteiger charge is -2.11. The Morgan fingerprint density at radius 2 is 2.32 bits per heavy atom. The van der Waals surface area contributed by atoms with Crippen molar-refractivity contribution in [3.8, 4) is 11.3 Å². The van der Waals surface area contributed by atoms with Crippen molar-refractivity contribution in [3.05, 3.63) is 42.1 Å². The standard InChI is InChI=1S/C14H17N3O2/c1-2-19-14(18)12(15)9-10-4-3-5-11(8-10)13-6-7-16-17-13/h3-8,12H,2,9,15H2,1H3,(H,16,17). The molecule has 2 aromatic rings. The number of carbonyl (C=O) groups is 1. The van der Waals surface area contributed by atoms with E-state index in [0.29, 0.717) is 13.0 Å². The van der Waals surface area contributed by atoms with Gasteiger partial charge in [0.15, 0.2) is 0 Å². The van der Waals surface area contributed by atoms with E-state index in [2.05, 4.69) is 10.2 Å². The molecular formula is C14H17N3O2. The first-order valence-corrected chi connectivity index (χ1v) is 6.21. The number of carbonyl (C=O) groups excluding carboxylic acids is 1. The minimum atomic E-state index is -0.628. The second-order valence-electron chi connectivity index (χ2n) is 4.23. The number of nitrogens with two attached hydrogens (primary N) is 1. The van der Waals surface area contributed by atoms with Crippen LogP contribution in [0.5, 0.6) is 0 Å². The van der Waals surface area contributed by atoms with Crippen LogP contribution in [-0.2, 0) is 16.0 Å². The van der Waals surface area contributed by atoms with Gasteiger partial charge in [-0.05, 0) is 36.6 Å². The summed E-state index contributed by atoms with van der Waals surface area (Å²) < 4.78 is 4.90. The van der Waals surface area contributed by atoms with Crippen molar-refractivity contribution in [2.45, 2.75) is 19.4 Å². The van der Waals surface area contributed by atoms with Gasteiger partial charge in [-0.25, -0.2) is 0 Å². The van der Waals surface area contributed by atoms with Crippen LogP contribution in [0, 0.1) is 0 Å². The quantitative estimate of drug-likeness (QED) is 0.797. The summed E-state index contributed by atoms with van der Waals surface area (Å²) >= 11 is 0. The summed E-state index contributed by atoms with van der Waals surface area (Å²) in [5.74, 6) is -0.366. The summed E-state index contributed by atoms with van der Waals surface area (Å²) in [4.78, 5) is 11.5. The van der Waals surface area contributed by atoms with Crippen molar-refractivity contribution < 1.29 is 9.53 Å². The molecule has 0 saturated heterocycles. The van der Waals surface area contributed by atoms with Gasteiger partial charge in [0.05, 0.1) is 12.3 Å². The second-order valence-corrected chi connectivity index (χ2v) is 4.23. The van der Waals surface area contributed by atoms with Gasteiger partial charge in [-0.1, -0.05) is 18.2 Å². The molecule has 19 heavy (non-hydrogen) atoms. The van der Waals surface area contributed by atoms with Crippen molar-refractivity contribution in [2.75, 3.05) is 6.61 Å². The highest BCUT2D eigenvalue weighted by molar-refractivity contribution is 5.76. The highest BCUT2D eigenvalue weighted by Crippen LogP contribution is 2.18. The van der Waals surface area contributed by atoms with Crippen molar-refractivity contribution >= 4 is 5.97 Å². The molecule has 0 fully saturated rings. The molecule has 100 valence electrons. The molecule has 5 heteroatoms. The fourth-order valence-corrected chi connectivity index (χ4v) is 1.87. The summed E-state index contributed by atoms with van der Waals surface area (Å²) in [6.45, 7) is 2.12. The number of aromatic amines is 1. The van der Waals surface area contributed by atoms with Crippen LogP contribution in [0.4, 0.5) is 0 Å². The summed E-state index contributed by atoms with van der Waals surface area (Å²) in [7, 11) is 0. The topological polar surface area (TPSA) is 81.0 Å². The first-order valence-electron chi connectivity index (χ1n) is 6.21. The van der Waals surface area contributed by atoms with Gasteiger partial charge in [0.25, 0.3) is 0 Å². The van der Waals surface area contributed by atoms with Crippen molar-refractivity contribution in [1.29, 1.82) is 0 Å². The monoisotopic (exact) mass is 259 g/mol. The summed E-state index contributed by atoms with van der Waals surface area (Å²) in [6.07, 6.45) is 2.16. The Balaban J connectivity index is 2.09. The molecule has 0 aliphatic carbocycles. The molecule has 0 bridgehead atoms. The smallest absolute Gasteiger partial charge is 0.323 e. The molecule has 1 aromatic carbocycles. The maximum absolute atomic E-state index is 11.5. The SMILES string of the molecule is CCOC(=O)C(N)Cc1cccc(-c2ccn[nH]2)c1. The van der Waals surface area contributed by atoms with Crippen LogP contribution in [0.15, 0.2) is 36.5 Å². The third kappa shape index (κ3) is 3.42. The zero-order valence-electron chi connectivity index (χ0n) is 10.8. The molecule has 1 unspecified atom stereocenters. The number of ether oxygens (including phenoxy) is 1. The van der Waals surface area contributed by atoms with E-state index in [1.807, 2.05) is 30.3 Å². The lowest BCUT2D eigenvalue weighted by molar-refractivity contribution is -0.144. The maximum Gasteiger partial charge on any atom is 0.323 e. The van der Waals surface area contributed by atoms with E-state index in [1.54, 1.807) is 13.1 Å². The Bertz CT molecular complexity index is 537. The van der Waals surface area contributed by atoms with Crippen molar-refractivity contribution in [2.24, 2.45) is 5.73 Å². The molecule has 3 N–H and O–H groups in total. The van der Waals surface area contributed by atoms with Crippen LogP contribution in [-0.4, -0.2) is 28.8 Å². The largest absolute Gasteiger partial charge is 0.465 e. The van der Waals surface area contributed by atoms with Crippen LogP contribution in [0.25, 0.3) is 11.3 Å². The number of H-pyrrole nitrogens is 1. The number of rotatable bonds is 5. The first kappa shape index (κ1) is 13.3. The summed E-state index contributed by atoms with van der Waals surface area (Å²) in [6, 6.07) is 9.11. The second kappa shape index (κ2) is 6.15. The number of esters is 1. The van der Waals surface area contributed by atoms with Crippen molar-refractivity contribution in [1.82, 2.24) is 10.2 Å². The minimum absolute atomic E-state index is 0.348. The predicted molar refractivity (Wildman–Crippen MR) is 72.3 cm³/mol. The summed E-state index contributed by atoms with van der Waals surface area (Å²) in [5, 5.41) is 6.82. The fraction of sp³-hybridized carbons (Fsp3) is 0.286. The normalized spacial score (nSPS) is 12.1. The van der Waals surface area contributed by atoms with E-state index in [9.17, 15) is 4.79 Å². The molecule has 1 aromatic heterocycles. The number of hydrogen-bond acceptors (Lipinski definition) is 4. The van der Waals surface area contributed by atoms with E-state index in [0.717, 1.165) is 16.8 Å². The van der Waals surface area contributed by atoms with Gasteiger partial charge in [0, 0.05) is 6.20 Å². The molecule has 5 nitrogen and oxygen atoms in total. The highest BCUT2D eigenvalue weighted by Gasteiger charge is 2.15. The van der Waals surface area contributed by atoms with Gasteiger partial charge < -0.3 is 10.5 Å². The molecule has 0 amide bonds. The zero-order chi connectivity index (χ0) is 13.7. The third-order valence-electron chi connectivity index (χ3n) is 2.78. The van der Waals surface area contributed by atoms with Gasteiger partial charge >= 0.3 is 5.97 Å². The van der Waals surface area contributed by atoms with Gasteiger partial charge in [-0.3, -0.25) is 9.89 Å². The van der Waals surface area contributed by atoms with E-state index in [4.69, 9.17) is 10.5 Å². The number of nitrogens with zero attached hydrogens (tertiary/aromatic N) is 1. The van der Waals surface area contributed by atoms with Crippen molar-refractivity contribution in [3.63, 3.8) is 0 Å². The molecular weight excluding hydrogens is 242 g/mol. The number of aromatic nitrogens is 2. The molecule has 1 atom stereocenters. The first-order chi connectivity index (χ1) is 9.20. The van der Waals surface area contributed by atoms with Crippen LogP contribution in [0.1, 0.15) is 12.5 Å². The van der Waals surface area contributed by atoms with Gasteiger partial charge in [-0.2, -0.15) is 5.10 Å². The molecule has 1 heterocycles. The highest BCUT2D eigenvalue weighted by atomic mass is 16.5. The minimum Gasteiger partial charge on any atom is -0.465 e.